The summed E-state index contributed by atoms with van der Waals surface area (Å²) in [5.41, 5.74) is 3.35. The number of ether oxygens (including phenoxy) is 3. The van der Waals surface area contributed by atoms with E-state index in [0.29, 0.717) is 22.8 Å². The summed E-state index contributed by atoms with van der Waals surface area (Å²) >= 11 is 0. The van der Waals surface area contributed by atoms with Gasteiger partial charge in [-0.05, 0) is 49.6 Å². The Labute approximate surface area is 130 Å². The fraction of sp³-hybridized carbons (Fsp3) is 0.278. The second-order valence-electron chi connectivity index (χ2n) is 5.14. The van der Waals surface area contributed by atoms with Gasteiger partial charge in [-0.3, -0.25) is 0 Å². The quantitative estimate of drug-likeness (QED) is 0.635. The topological polar surface area (TPSA) is 44.8 Å². The molecule has 2 aromatic rings. The van der Waals surface area contributed by atoms with Crippen LogP contribution in [0.15, 0.2) is 30.3 Å². The molecule has 0 N–H and O–H groups in total. The maximum Gasteiger partial charge on any atom is 0.343 e. The average Bonchev–Trinajstić information content (AvgIpc) is 2.54. The van der Waals surface area contributed by atoms with Crippen LogP contribution in [0.5, 0.6) is 17.2 Å². The second-order valence-corrected chi connectivity index (χ2v) is 5.14. The van der Waals surface area contributed by atoms with Gasteiger partial charge in [-0.15, -0.1) is 0 Å². The van der Waals surface area contributed by atoms with Crippen molar-refractivity contribution in [2.45, 2.75) is 20.8 Å². The maximum absolute atomic E-state index is 12.4. The Morgan fingerprint density at radius 1 is 0.864 bits per heavy atom. The molecule has 0 saturated heterocycles. The predicted octanol–water partition coefficient (Wildman–Crippen LogP) is 3.85. The minimum atomic E-state index is -0.436. The van der Waals surface area contributed by atoms with Crippen LogP contribution in [-0.4, -0.2) is 20.2 Å². The highest BCUT2D eigenvalue weighted by atomic mass is 16.5. The molecular weight excluding hydrogens is 280 g/mol. The molecule has 0 aliphatic carbocycles. The Morgan fingerprint density at radius 2 is 1.41 bits per heavy atom. The van der Waals surface area contributed by atoms with Crippen LogP contribution in [0.25, 0.3) is 0 Å². The zero-order valence-corrected chi connectivity index (χ0v) is 13.5. The minimum Gasteiger partial charge on any atom is -0.497 e. The number of hydrogen-bond donors (Lipinski definition) is 0. The first-order valence-corrected chi connectivity index (χ1v) is 6.98. The van der Waals surface area contributed by atoms with E-state index in [9.17, 15) is 4.79 Å². The summed E-state index contributed by atoms with van der Waals surface area (Å²) in [7, 11) is 3.08. The SMILES string of the molecule is COc1cc(OC)cc(C(=O)Oc2c(C)ccc(C)c2C)c1. The van der Waals surface area contributed by atoms with Crippen LogP contribution < -0.4 is 14.2 Å². The van der Waals surface area contributed by atoms with E-state index in [-0.39, 0.29) is 0 Å². The molecule has 116 valence electrons. The molecule has 0 radical (unpaired) electrons. The van der Waals surface area contributed by atoms with Gasteiger partial charge in [-0.1, -0.05) is 12.1 Å². The van der Waals surface area contributed by atoms with Gasteiger partial charge in [0.15, 0.2) is 0 Å². The highest BCUT2D eigenvalue weighted by molar-refractivity contribution is 5.92. The third-order valence-corrected chi connectivity index (χ3v) is 3.66. The standard InChI is InChI=1S/C18H20O4/c1-11-6-7-12(2)17(13(11)3)22-18(19)14-8-15(20-4)10-16(9-14)21-5/h6-10H,1-5H3. The van der Waals surface area contributed by atoms with Crippen LogP contribution in [0.1, 0.15) is 27.0 Å². The highest BCUT2D eigenvalue weighted by Gasteiger charge is 2.15. The Kier molecular flexibility index (Phi) is 4.71. The third kappa shape index (κ3) is 3.22. The average molecular weight is 300 g/mol. The molecule has 4 heteroatoms. The van der Waals surface area contributed by atoms with Crippen molar-refractivity contribution in [2.75, 3.05) is 14.2 Å². The molecule has 0 amide bonds. The minimum absolute atomic E-state index is 0.386. The predicted molar refractivity (Wildman–Crippen MR) is 85.2 cm³/mol. The fourth-order valence-corrected chi connectivity index (χ4v) is 2.16. The molecule has 2 aromatic carbocycles. The number of aryl methyl sites for hydroxylation is 2. The van der Waals surface area contributed by atoms with E-state index in [1.807, 2.05) is 32.9 Å². The highest BCUT2D eigenvalue weighted by Crippen LogP contribution is 2.28. The van der Waals surface area contributed by atoms with Gasteiger partial charge in [-0.2, -0.15) is 0 Å². The van der Waals surface area contributed by atoms with Crippen molar-refractivity contribution in [3.63, 3.8) is 0 Å². The third-order valence-electron chi connectivity index (χ3n) is 3.66. The lowest BCUT2D eigenvalue weighted by molar-refractivity contribution is 0.0731. The van der Waals surface area contributed by atoms with Crippen LogP contribution >= 0.6 is 0 Å². The normalized spacial score (nSPS) is 10.2. The monoisotopic (exact) mass is 300 g/mol. The Hall–Kier alpha value is -2.49. The van der Waals surface area contributed by atoms with Crippen LogP contribution in [0.2, 0.25) is 0 Å². The van der Waals surface area contributed by atoms with Gasteiger partial charge in [0.05, 0.1) is 19.8 Å². The van der Waals surface area contributed by atoms with Crippen LogP contribution in [0.3, 0.4) is 0 Å². The molecule has 0 aliphatic rings. The zero-order chi connectivity index (χ0) is 16.3. The van der Waals surface area contributed by atoms with E-state index in [0.717, 1.165) is 16.7 Å². The van der Waals surface area contributed by atoms with Crippen molar-refractivity contribution in [1.29, 1.82) is 0 Å². The Morgan fingerprint density at radius 3 is 1.95 bits per heavy atom. The Bertz CT molecular complexity index is 682. The molecule has 22 heavy (non-hydrogen) atoms. The molecule has 2 rings (SSSR count). The van der Waals surface area contributed by atoms with E-state index in [4.69, 9.17) is 14.2 Å². The van der Waals surface area contributed by atoms with Crippen molar-refractivity contribution in [3.8, 4) is 17.2 Å². The van der Waals surface area contributed by atoms with E-state index in [1.54, 1.807) is 32.4 Å². The van der Waals surface area contributed by atoms with E-state index < -0.39 is 5.97 Å². The number of esters is 1. The summed E-state index contributed by atoms with van der Waals surface area (Å²) < 4.78 is 15.9. The molecule has 0 saturated carbocycles. The largest absolute Gasteiger partial charge is 0.497 e. The van der Waals surface area contributed by atoms with Gasteiger partial charge in [0.2, 0.25) is 0 Å². The van der Waals surface area contributed by atoms with Crippen LogP contribution in [0.4, 0.5) is 0 Å². The molecule has 0 bridgehead atoms. The summed E-state index contributed by atoms with van der Waals surface area (Å²) in [6.45, 7) is 5.85. The van der Waals surface area contributed by atoms with Gasteiger partial charge >= 0.3 is 5.97 Å². The Balaban J connectivity index is 2.36. The van der Waals surface area contributed by atoms with Crippen molar-refractivity contribution < 1.29 is 19.0 Å². The molecule has 0 fully saturated rings. The summed E-state index contributed by atoms with van der Waals surface area (Å²) in [6.07, 6.45) is 0. The van der Waals surface area contributed by atoms with Crippen molar-refractivity contribution in [1.82, 2.24) is 0 Å². The zero-order valence-electron chi connectivity index (χ0n) is 13.5. The maximum atomic E-state index is 12.4. The summed E-state index contributed by atoms with van der Waals surface area (Å²) in [4.78, 5) is 12.4. The first-order valence-electron chi connectivity index (χ1n) is 6.98. The molecule has 0 heterocycles. The number of carbonyl (C=O) groups excluding carboxylic acids is 1. The first kappa shape index (κ1) is 15.9. The van der Waals surface area contributed by atoms with Gasteiger partial charge in [-0.25, -0.2) is 4.79 Å². The number of benzene rings is 2. The van der Waals surface area contributed by atoms with Gasteiger partial charge in [0.1, 0.15) is 17.2 Å². The van der Waals surface area contributed by atoms with E-state index in [1.165, 1.54) is 0 Å². The summed E-state index contributed by atoms with van der Waals surface area (Å²) in [6, 6.07) is 8.92. The van der Waals surface area contributed by atoms with Gasteiger partial charge in [0.25, 0.3) is 0 Å². The molecule has 4 nitrogen and oxygen atoms in total. The van der Waals surface area contributed by atoms with Crippen LogP contribution in [0, 0.1) is 20.8 Å². The van der Waals surface area contributed by atoms with E-state index in [2.05, 4.69) is 0 Å². The van der Waals surface area contributed by atoms with Gasteiger partial charge in [0, 0.05) is 6.07 Å². The molecule has 0 aliphatic heterocycles. The molecule has 0 aromatic heterocycles. The molecular formula is C18H20O4. The second kappa shape index (κ2) is 6.52. The molecule has 0 spiro atoms. The van der Waals surface area contributed by atoms with Crippen molar-refractivity contribution in [3.05, 3.63) is 52.6 Å². The molecule has 0 unspecified atom stereocenters. The number of methoxy groups -OCH3 is 2. The lowest BCUT2D eigenvalue weighted by Crippen LogP contribution is -2.11. The fourth-order valence-electron chi connectivity index (χ4n) is 2.16. The van der Waals surface area contributed by atoms with Gasteiger partial charge < -0.3 is 14.2 Å². The summed E-state index contributed by atoms with van der Waals surface area (Å²) in [5, 5.41) is 0. The van der Waals surface area contributed by atoms with Crippen LogP contribution in [-0.2, 0) is 0 Å². The lowest BCUT2D eigenvalue weighted by Gasteiger charge is -2.13. The van der Waals surface area contributed by atoms with Crippen molar-refractivity contribution >= 4 is 5.97 Å². The lowest BCUT2D eigenvalue weighted by atomic mass is 10.1. The number of hydrogen-bond acceptors (Lipinski definition) is 4. The van der Waals surface area contributed by atoms with E-state index >= 15 is 0 Å². The number of carbonyl (C=O) groups is 1. The molecule has 0 atom stereocenters. The first-order chi connectivity index (χ1) is 10.5. The smallest absolute Gasteiger partial charge is 0.343 e. The van der Waals surface area contributed by atoms with Crippen molar-refractivity contribution in [2.24, 2.45) is 0 Å². The number of rotatable bonds is 4. The summed E-state index contributed by atoms with van der Waals surface area (Å²) in [5.74, 6) is 1.26.